The average Bonchev–Trinajstić information content (AvgIpc) is 3.12. The molecule has 0 spiro atoms. The summed E-state index contributed by atoms with van der Waals surface area (Å²) in [5, 5.41) is 0. The number of benzene rings is 2. The molecule has 6 nitrogen and oxygen atoms in total. The number of nitrogens with zero attached hydrogens (tertiary/aromatic N) is 2. The summed E-state index contributed by atoms with van der Waals surface area (Å²) in [5.41, 5.74) is 2.20. The molecule has 8 heteroatoms. The van der Waals surface area contributed by atoms with E-state index < -0.39 is 0 Å². The lowest BCUT2D eigenvalue weighted by molar-refractivity contribution is -0.118. The van der Waals surface area contributed by atoms with Crippen LogP contribution in [0.2, 0.25) is 0 Å². The number of fused-ring (bicyclic) bond motifs is 1. The van der Waals surface area contributed by atoms with E-state index in [1.165, 1.54) is 21.8 Å². The van der Waals surface area contributed by atoms with Crippen molar-refractivity contribution in [2.45, 2.75) is 38.1 Å². The summed E-state index contributed by atoms with van der Waals surface area (Å²) in [6.07, 6.45) is 1.21. The molecule has 0 aliphatic carbocycles. The summed E-state index contributed by atoms with van der Waals surface area (Å²) in [5.74, 6) is 2.08. The van der Waals surface area contributed by atoms with Crippen molar-refractivity contribution in [3.05, 3.63) is 46.8 Å². The first-order chi connectivity index (χ1) is 15.5. The Kier molecular flexibility index (Phi) is 9.20. The van der Waals surface area contributed by atoms with Gasteiger partial charge in [0, 0.05) is 36.6 Å². The summed E-state index contributed by atoms with van der Waals surface area (Å²) >= 11 is 3.24. The van der Waals surface area contributed by atoms with E-state index in [-0.39, 0.29) is 5.91 Å². The van der Waals surface area contributed by atoms with E-state index in [9.17, 15) is 4.79 Å². The van der Waals surface area contributed by atoms with Crippen LogP contribution in [0.15, 0.2) is 46.3 Å². The molecular weight excluding hydrogens is 444 g/mol. The number of hydrogen-bond donors (Lipinski definition) is 0. The molecular formula is C24H30N2O4S2. The first-order valence-corrected chi connectivity index (χ1v) is 12.5. The van der Waals surface area contributed by atoms with Crippen molar-refractivity contribution in [3.8, 4) is 11.5 Å². The first kappa shape index (κ1) is 24.4. The summed E-state index contributed by atoms with van der Waals surface area (Å²) in [6, 6.07) is 12.3. The van der Waals surface area contributed by atoms with Gasteiger partial charge >= 0.3 is 0 Å². The second-order valence-corrected chi connectivity index (χ2v) is 9.36. The number of hydrogen-bond acceptors (Lipinski definition) is 6. The fourth-order valence-corrected chi connectivity index (χ4v) is 5.15. The Morgan fingerprint density at radius 1 is 1.12 bits per heavy atom. The number of aryl methyl sites for hydroxylation is 1. The third kappa shape index (κ3) is 6.37. The SMILES string of the molecule is CCOCCn1c(=NC(=O)CCCSc2ccc(C)cc2)sc2cc(OC)c(OC)cc21. The topological polar surface area (TPSA) is 62.1 Å². The highest BCUT2D eigenvalue weighted by Gasteiger charge is 2.13. The van der Waals surface area contributed by atoms with Crippen molar-refractivity contribution in [1.29, 1.82) is 0 Å². The van der Waals surface area contributed by atoms with Gasteiger partial charge in [0.05, 0.1) is 31.0 Å². The highest BCUT2D eigenvalue weighted by atomic mass is 32.2. The van der Waals surface area contributed by atoms with Gasteiger partial charge in [-0.05, 0) is 38.2 Å². The van der Waals surface area contributed by atoms with Crippen LogP contribution in [-0.4, -0.2) is 43.7 Å². The van der Waals surface area contributed by atoms with Gasteiger partial charge in [-0.15, -0.1) is 11.8 Å². The van der Waals surface area contributed by atoms with Crippen LogP contribution in [0.25, 0.3) is 10.2 Å². The molecule has 1 amide bonds. The van der Waals surface area contributed by atoms with E-state index in [1.807, 2.05) is 23.6 Å². The van der Waals surface area contributed by atoms with Gasteiger partial charge in [-0.1, -0.05) is 29.0 Å². The molecule has 1 aromatic heterocycles. The van der Waals surface area contributed by atoms with Crippen molar-refractivity contribution < 1.29 is 19.0 Å². The zero-order valence-electron chi connectivity index (χ0n) is 19.1. The highest BCUT2D eigenvalue weighted by molar-refractivity contribution is 7.99. The number of amides is 1. The smallest absolute Gasteiger partial charge is 0.248 e. The van der Waals surface area contributed by atoms with E-state index in [1.54, 1.807) is 26.0 Å². The molecule has 3 rings (SSSR count). The normalized spacial score (nSPS) is 11.8. The minimum absolute atomic E-state index is 0.106. The highest BCUT2D eigenvalue weighted by Crippen LogP contribution is 2.33. The Morgan fingerprint density at radius 3 is 2.53 bits per heavy atom. The number of aromatic nitrogens is 1. The van der Waals surface area contributed by atoms with Crippen LogP contribution >= 0.6 is 23.1 Å². The molecule has 0 fully saturated rings. The van der Waals surface area contributed by atoms with Crippen LogP contribution in [0.4, 0.5) is 0 Å². The van der Waals surface area contributed by atoms with Gasteiger partial charge in [0.25, 0.3) is 0 Å². The molecule has 1 heterocycles. The monoisotopic (exact) mass is 474 g/mol. The molecule has 0 saturated carbocycles. The second-order valence-electron chi connectivity index (χ2n) is 7.18. The maximum Gasteiger partial charge on any atom is 0.248 e. The van der Waals surface area contributed by atoms with Crippen LogP contribution in [0.1, 0.15) is 25.3 Å². The maximum atomic E-state index is 12.6. The summed E-state index contributed by atoms with van der Waals surface area (Å²) in [7, 11) is 3.23. The van der Waals surface area contributed by atoms with E-state index in [2.05, 4.69) is 36.2 Å². The van der Waals surface area contributed by atoms with Gasteiger partial charge in [-0.2, -0.15) is 4.99 Å². The number of carbonyl (C=O) groups is 1. The average molecular weight is 475 g/mol. The maximum absolute atomic E-state index is 12.6. The minimum Gasteiger partial charge on any atom is -0.493 e. The van der Waals surface area contributed by atoms with Crippen molar-refractivity contribution in [3.63, 3.8) is 0 Å². The zero-order valence-corrected chi connectivity index (χ0v) is 20.7. The Bertz CT molecular complexity index is 1100. The fraction of sp³-hybridized carbons (Fsp3) is 0.417. The molecule has 172 valence electrons. The molecule has 3 aromatic rings. The van der Waals surface area contributed by atoms with Gasteiger partial charge < -0.3 is 18.8 Å². The third-order valence-corrected chi connectivity index (χ3v) is 7.04. The summed E-state index contributed by atoms with van der Waals surface area (Å²) in [4.78, 5) is 18.9. The van der Waals surface area contributed by atoms with Gasteiger partial charge in [0.2, 0.25) is 5.91 Å². The van der Waals surface area contributed by atoms with Gasteiger partial charge in [-0.25, -0.2) is 0 Å². The predicted octanol–water partition coefficient (Wildman–Crippen LogP) is 5.06. The van der Waals surface area contributed by atoms with Crippen molar-refractivity contribution in [2.24, 2.45) is 4.99 Å². The Morgan fingerprint density at radius 2 is 1.84 bits per heavy atom. The Hall–Kier alpha value is -2.29. The van der Waals surface area contributed by atoms with Crippen molar-refractivity contribution in [2.75, 3.05) is 33.2 Å². The Labute approximate surface area is 197 Å². The molecule has 0 unspecified atom stereocenters. The molecule has 0 atom stereocenters. The van der Waals surface area contributed by atoms with Crippen LogP contribution in [0.5, 0.6) is 11.5 Å². The standard InChI is InChI=1S/C24H30N2O4S2/c1-5-30-13-12-26-19-15-20(28-3)21(29-4)16-22(19)32-24(26)25-23(27)7-6-14-31-18-10-8-17(2)9-11-18/h8-11,15-16H,5-7,12-14H2,1-4H3. The number of rotatable bonds is 11. The predicted molar refractivity (Wildman–Crippen MR) is 131 cm³/mol. The molecule has 0 saturated heterocycles. The van der Waals surface area contributed by atoms with Crippen LogP contribution in [-0.2, 0) is 16.1 Å². The summed E-state index contributed by atoms with van der Waals surface area (Å²) < 4.78 is 19.4. The lowest BCUT2D eigenvalue weighted by atomic mass is 10.2. The number of thiazole rings is 1. The minimum atomic E-state index is -0.106. The van der Waals surface area contributed by atoms with Gasteiger partial charge in [-0.3, -0.25) is 4.79 Å². The molecule has 0 aliphatic rings. The molecule has 0 bridgehead atoms. The number of methoxy groups -OCH3 is 2. The largest absolute Gasteiger partial charge is 0.493 e. The van der Waals surface area contributed by atoms with Crippen LogP contribution in [0.3, 0.4) is 0 Å². The number of carbonyl (C=O) groups excluding carboxylic acids is 1. The van der Waals surface area contributed by atoms with E-state index in [0.29, 0.717) is 42.5 Å². The van der Waals surface area contributed by atoms with E-state index >= 15 is 0 Å². The quantitative estimate of drug-likeness (QED) is 0.287. The molecule has 0 N–H and O–H groups in total. The van der Waals surface area contributed by atoms with Crippen molar-refractivity contribution in [1.82, 2.24) is 4.57 Å². The van der Waals surface area contributed by atoms with E-state index in [4.69, 9.17) is 14.2 Å². The number of ether oxygens (including phenoxy) is 3. The van der Waals surface area contributed by atoms with Crippen LogP contribution < -0.4 is 14.3 Å². The number of thioether (sulfide) groups is 1. The van der Waals surface area contributed by atoms with Gasteiger partial charge in [0.15, 0.2) is 16.3 Å². The molecule has 2 aromatic carbocycles. The summed E-state index contributed by atoms with van der Waals surface area (Å²) in [6.45, 7) is 5.84. The zero-order chi connectivity index (χ0) is 22.9. The Balaban J connectivity index is 1.75. The van der Waals surface area contributed by atoms with E-state index in [0.717, 1.165) is 22.4 Å². The molecule has 0 radical (unpaired) electrons. The van der Waals surface area contributed by atoms with Crippen molar-refractivity contribution >= 4 is 39.2 Å². The van der Waals surface area contributed by atoms with Gasteiger partial charge in [0.1, 0.15) is 0 Å². The lowest BCUT2D eigenvalue weighted by Crippen LogP contribution is -2.19. The second kappa shape index (κ2) is 12.1. The first-order valence-electron chi connectivity index (χ1n) is 10.7. The molecule has 0 aliphatic heterocycles. The van der Waals surface area contributed by atoms with Crippen LogP contribution in [0, 0.1) is 6.92 Å². The lowest BCUT2D eigenvalue weighted by Gasteiger charge is -2.09. The molecule has 32 heavy (non-hydrogen) atoms. The fourth-order valence-electron chi connectivity index (χ4n) is 3.21. The third-order valence-electron chi connectivity index (χ3n) is 4.90.